The number of nitrogens with zero attached hydrogens (tertiary/aromatic N) is 8. The molecule has 16 nitrogen and oxygen atoms in total. The number of fused-ring (bicyclic) bond motifs is 2. The van der Waals surface area contributed by atoms with Gasteiger partial charge < -0.3 is 30.8 Å². The third-order valence-corrected chi connectivity index (χ3v) is 10.0. The molecule has 22 heteroatoms. The number of imidazole rings is 2. The summed E-state index contributed by atoms with van der Waals surface area (Å²) in [6.45, 7) is 0. The molecular weight excluding hydrogens is 754 g/mol. The van der Waals surface area contributed by atoms with Crippen LogP contribution in [0.5, 0.6) is 0 Å². The molecule has 0 spiro atoms. The van der Waals surface area contributed by atoms with E-state index in [0.29, 0.717) is 22.1 Å². The molecule has 2 aliphatic carbocycles. The Morgan fingerprint density at radius 3 is 1.36 bits per heavy atom. The van der Waals surface area contributed by atoms with Gasteiger partial charge in [0.2, 0.25) is 11.9 Å². The molecule has 0 unspecified atom stereocenters. The Labute approximate surface area is 311 Å². The smallest absolute Gasteiger partial charge is 0.380 e. The van der Waals surface area contributed by atoms with Gasteiger partial charge in [-0.3, -0.25) is 18.7 Å². The van der Waals surface area contributed by atoms with E-state index in [9.17, 15) is 46.1 Å². The Bertz CT molecular complexity index is 2140. The molecule has 6 N–H and O–H groups in total. The first kappa shape index (κ1) is 38.4. The fourth-order valence-electron chi connectivity index (χ4n) is 6.73. The summed E-state index contributed by atoms with van der Waals surface area (Å²) in [6.07, 6.45) is 1.52. The zero-order valence-electron chi connectivity index (χ0n) is 29.1. The number of aromatic amines is 2. The Morgan fingerprint density at radius 1 is 0.661 bits per heavy atom. The standard InChI is InChI=1S/2C17H17F3N6O2/c2*18-17(19,20)16(28)4-1-10(2-5-16)23-14(27)13-12-11(3-6-22-12)24-15(25-13)26-8-7-21-9-26/h2*3,6-10,22,28H,1-2,4-5H2,(H,23,27). The van der Waals surface area contributed by atoms with Crippen LogP contribution in [0.1, 0.15) is 72.3 Å². The van der Waals surface area contributed by atoms with Crippen LogP contribution in [0.2, 0.25) is 0 Å². The zero-order chi connectivity index (χ0) is 39.9. The van der Waals surface area contributed by atoms with Crippen LogP contribution in [0.3, 0.4) is 0 Å². The summed E-state index contributed by atoms with van der Waals surface area (Å²) in [5.74, 6) is -0.521. The van der Waals surface area contributed by atoms with Gasteiger partial charge >= 0.3 is 12.4 Å². The lowest BCUT2D eigenvalue weighted by Gasteiger charge is -2.37. The Balaban J connectivity index is 0.000000172. The van der Waals surface area contributed by atoms with Gasteiger partial charge in [0, 0.05) is 49.3 Å². The van der Waals surface area contributed by atoms with Crippen LogP contribution in [0.15, 0.2) is 62.0 Å². The van der Waals surface area contributed by atoms with Crippen molar-refractivity contribution in [2.24, 2.45) is 0 Å². The predicted octanol–water partition coefficient (Wildman–Crippen LogP) is 4.22. The second-order valence-corrected chi connectivity index (χ2v) is 13.7. The number of halogens is 6. The predicted molar refractivity (Wildman–Crippen MR) is 183 cm³/mol. The van der Waals surface area contributed by atoms with Gasteiger partial charge in [0.15, 0.2) is 22.6 Å². The lowest BCUT2D eigenvalue weighted by Crippen LogP contribution is -2.51. The van der Waals surface area contributed by atoms with Crippen molar-refractivity contribution in [3.63, 3.8) is 0 Å². The average molecular weight is 789 g/mol. The monoisotopic (exact) mass is 788 g/mol. The Morgan fingerprint density at radius 2 is 1.04 bits per heavy atom. The maximum Gasteiger partial charge on any atom is 0.417 e. The van der Waals surface area contributed by atoms with E-state index < -0.39 is 73.1 Å². The molecule has 296 valence electrons. The van der Waals surface area contributed by atoms with Gasteiger partial charge in [0.25, 0.3) is 11.8 Å². The maximum atomic E-state index is 12.9. The van der Waals surface area contributed by atoms with E-state index >= 15 is 0 Å². The molecule has 0 radical (unpaired) electrons. The number of hydrogen-bond acceptors (Lipinski definition) is 10. The second-order valence-electron chi connectivity index (χ2n) is 13.7. The molecule has 2 amide bonds. The second kappa shape index (κ2) is 14.6. The molecule has 6 aromatic heterocycles. The maximum absolute atomic E-state index is 12.9. The van der Waals surface area contributed by atoms with Crippen LogP contribution in [0.25, 0.3) is 34.0 Å². The highest BCUT2D eigenvalue weighted by molar-refractivity contribution is 6.04. The highest BCUT2D eigenvalue weighted by Crippen LogP contribution is 2.42. The molecule has 6 heterocycles. The highest BCUT2D eigenvalue weighted by atomic mass is 19.4. The minimum atomic E-state index is -4.68. The number of hydrogen-bond donors (Lipinski definition) is 6. The van der Waals surface area contributed by atoms with E-state index in [2.05, 4.69) is 50.5 Å². The number of alkyl halides is 6. The zero-order valence-corrected chi connectivity index (χ0v) is 29.1. The van der Waals surface area contributed by atoms with Crippen molar-refractivity contribution in [2.45, 2.75) is 87.0 Å². The largest absolute Gasteiger partial charge is 0.417 e. The number of amides is 2. The van der Waals surface area contributed by atoms with Gasteiger partial charge in [0.05, 0.1) is 22.1 Å². The summed E-state index contributed by atoms with van der Waals surface area (Å²) >= 11 is 0. The van der Waals surface area contributed by atoms with Crippen LogP contribution >= 0.6 is 0 Å². The molecule has 0 atom stereocenters. The number of aliphatic hydroxyl groups is 2. The molecule has 2 aliphatic rings. The summed E-state index contributed by atoms with van der Waals surface area (Å²) in [7, 11) is 0. The first-order valence-electron chi connectivity index (χ1n) is 17.4. The van der Waals surface area contributed by atoms with Gasteiger partial charge in [-0.15, -0.1) is 0 Å². The molecule has 56 heavy (non-hydrogen) atoms. The number of H-pyrrole nitrogens is 2. The number of carbonyl (C=O) groups is 2. The van der Waals surface area contributed by atoms with E-state index in [1.165, 1.54) is 12.7 Å². The SMILES string of the molecule is O=C(NC1CCC(O)(C(F)(F)F)CC1)c1nc(-n2ccnc2)nc2cc[nH]c12.O=C(NC1CCC(O)(C(F)(F)F)CC1)c1nc(-n2ccnc2)nc2cc[nH]c12. The van der Waals surface area contributed by atoms with Gasteiger partial charge in [-0.05, 0) is 63.5 Å². The third-order valence-electron chi connectivity index (χ3n) is 10.0. The van der Waals surface area contributed by atoms with Crippen molar-refractivity contribution in [3.05, 3.63) is 73.4 Å². The molecule has 8 rings (SSSR count). The van der Waals surface area contributed by atoms with Gasteiger partial charge in [-0.1, -0.05) is 0 Å². The van der Waals surface area contributed by atoms with E-state index in [4.69, 9.17) is 0 Å². The first-order chi connectivity index (χ1) is 26.5. The number of nitrogens with one attached hydrogen (secondary N) is 4. The third kappa shape index (κ3) is 7.65. The van der Waals surface area contributed by atoms with Crippen molar-refractivity contribution in [2.75, 3.05) is 0 Å². The van der Waals surface area contributed by atoms with E-state index in [1.54, 1.807) is 58.4 Å². The fourth-order valence-corrected chi connectivity index (χ4v) is 6.73. The minimum absolute atomic E-state index is 0.0229. The van der Waals surface area contributed by atoms with Crippen LogP contribution in [-0.4, -0.2) is 107 Å². The Kier molecular flexibility index (Phi) is 10.0. The number of aromatic nitrogens is 10. The average Bonchev–Trinajstić information content (AvgIpc) is 4.00. The van der Waals surface area contributed by atoms with E-state index in [0.717, 1.165) is 0 Å². The van der Waals surface area contributed by atoms with Gasteiger partial charge in [0.1, 0.15) is 12.7 Å². The highest BCUT2D eigenvalue weighted by Gasteiger charge is 2.55. The van der Waals surface area contributed by atoms with Crippen molar-refractivity contribution >= 4 is 33.9 Å². The summed E-state index contributed by atoms with van der Waals surface area (Å²) in [4.78, 5) is 56.5. The van der Waals surface area contributed by atoms with Crippen molar-refractivity contribution in [1.82, 2.24) is 59.6 Å². The lowest BCUT2D eigenvalue weighted by atomic mass is 9.81. The molecule has 0 aromatic carbocycles. The van der Waals surface area contributed by atoms with Crippen molar-refractivity contribution < 1.29 is 46.1 Å². The quantitative estimate of drug-likeness (QED) is 0.132. The van der Waals surface area contributed by atoms with Gasteiger partial charge in [-0.25, -0.2) is 29.9 Å². The summed E-state index contributed by atoms with van der Waals surface area (Å²) < 4.78 is 80.7. The molecule has 0 saturated heterocycles. The van der Waals surface area contributed by atoms with Crippen LogP contribution in [0.4, 0.5) is 26.3 Å². The van der Waals surface area contributed by atoms with Gasteiger partial charge in [-0.2, -0.15) is 26.3 Å². The van der Waals surface area contributed by atoms with Crippen LogP contribution in [0, 0.1) is 0 Å². The Hall–Kier alpha value is -5.90. The summed E-state index contributed by atoms with van der Waals surface area (Å²) in [5.41, 5.74) is -3.27. The first-order valence-corrected chi connectivity index (χ1v) is 17.4. The van der Waals surface area contributed by atoms with Crippen LogP contribution in [-0.2, 0) is 0 Å². The lowest BCUT2D eigenvalue weighted by molar-refractivity contribution is -0.270. The van der Waals surface area contributed by atoms with E-state index in [1.807, 2.05) is 0 Å². The summed E-state index contributed by atoms with van der Waals surface area (Å²) in [6, 6.07) is 2.43. The molecule has 2 saturated carbocycles. The normalized spacial score (nSPS) is 23.1. The molecule has 6 aromatic rings. The van der Waals surface area contributed by atoms with Crippen molar-refractivity contribution in [3.8, 4) is 11.9 Å². The molecule has 0 bridgehead atoms. The molecular formula is C34H34F6N12O4. The van der Waals surface area contributed by atoms with Crippen molar-refractivity contribution in [1.29, 1.82) is 0 Å². The van der Waals surface area contributed by atoms with Crippen LogP contribution < -0.4 is 10.6 Å². The number of carbonyl (C=O) groups excluding carboxylic acids is 2. The molecule has 2 fully saturated rings. The topological polar surface area (TPSA) is 217 Å². The fraction of sp³-hybridized carbons (Fsp3) is 0.412. The summed E-state index contributed by atoms with van der Waals surface area (Å²) in [5, 5.41) is 25.0. The number of rotatable bonds is 6. The van der Waals surface area contributed by atoms with E-state index in [-0.39, 0.29) is 49.0 Å². The molecule has 0 aliphatic heterocycles. The minimum Gasteiger partial charge on any atom is -0.380 e.